The van der Waals surface area contributed by atoms with Crippen LogP contribution in [0.15, 0.2) is 12.2 Å². The lowest BCUT2D eigenvalue weighted by Gasteiger charge is -2.28. The minimum absolute atomic E-state index is 0.122. The van der Waals surface area contributed by atoms with Crippen LogP contribution >= 0.6 is 0 Å². The maximum Gasteiger partial charge on any atom is 0.306 e. The molecule has 0 aromatic rings. The van der Waals surface area contributed by atoms with E-state index in [0.717, 1.165) is 19.3 Å². The molecule has 6 atom stereocenters. The van der Waals surface area contributed by atoms with E-state index in [1.165, 1.54) is 63.0 Å². The molecule has 4 N–H and O–H groups in total. The summed E-state index contributed by atoms with van der Waals surface area (Å²) in [6.45, 7) is 6.22. The molecule has 41 heavy (non-hydrogen) atoms. The number of allylic oxidation sites excluding steroid dienone is 1. The van der Waals surface area contributed by atoms with Crippen LogP contribution in [0, 0.1) is 5.92 Å². The molecule has 1 heterocycles. The summed E-state index contributed by atoms with van der Waals surface area (Å²) < 4.78 is 10.8. The lowest BCUT2D eigenvalue weighted by Crippen LogP contribution is -2.55. The number of likely N-dealkylation sites (N-methyl/N-ethyl adjacent to an activating group) is 1. The van der Waals surface area contributed by atoms with Gasteiger partial charge in [-0.3, -0.25) is 14.4 Å². The molecule has 0 unspecified atom stereocenters. The van der Waals surface area contributed by atoms with Gasteiger partial charge in [0.2, 0.25) is 5.91 Å². The number of nitrogens with one attached hydrogen (secondary N) is 1. The molecular weight excluding hydrogens is 528 g/mol. The molecule has 1 saturated heterocycles. The molecule has 0 aromatic carbocycles. The third-order valence-electron chi connectivity index (χ3n) is 7.49. The summed E-state index contributed by atoms with van der Waals surface area (Å²) in [5.74, 6) is -1.30. The van der Waals surface area contributed by atoms with Crippen LogP contribution in [-0.2, 0) is 23.9 Å². The zero-order chi connectivity index (χ0) is 30.8. The van der Waals surface area contributed by atoms with Crippen molar-refractivity contribution in [1.82, 2.24) is 10.2 Å². The standard InChI is InChI=1S/C31H56N2O8/c1-6-7-8-9-10-11-12-13-14-15-16-26(35)41-23-18-19-24(31(39)33(4)21-23)32-30(38)29(40-5)28(37)27(36)25(34)20-17-22(2)3/h17,20,22-25,27-29,34,36-37H,6-16,18-19,21H2,1-5H3,(H,32,38)/b20-17+/t23-,24-,25+,27-,28+,29+/m0/s1. The SMILES string of the molecule is CCCCCCCCCCCCC(=O)O[C@H]1CC[C@H](NC(=O)[C@H](OC)[C@H](O)[C@@H](O)[C@H](O)/C=C/C(C)C)C(=O)N(C)C1. The molecule has 10 heteroatoms. The van der Waals surface area contributed by atoms with E-state index in [0.29, 0.717) is 12.8 Å². The van der Waals surface area contributed by atoms with Crippen LogP contribution in [0.25, 0.3) is 0 Å². The lowest BCUT2D eigenvalue weighted by atomic mass is 10.00. The number of likely N-dealkylation sites (tertiary alicyclic amines) is 1. The summed E-state index contributed by atoms with van der Waals surface area (Å²) in [7, 11) is 2.78. The number of carbonyl (C=O) groups excluding carboxylic acids is 3. The number of aliphatic hydroxyl groups is 3. The number of ether oxygens (including phenoxy) is 2. The van der Waals surface area contributed by atoms with E-state index in [2.05, 4.69) is 12.2 Å². The number of amides is 2. The number of aliphatic hydroxyl groups excluding tert-OH is 3. The van der Waals surface area contributed by atoms with E-state index < -0.39 is 42.5 Å². The van der Waals surface area contributed by atoms with Crippen molar-refractivity contribution in [2.75, 3.05) is 20.7 Å². The molecule has 1 fully saturated rings. The molecule has 1 aliphatic rings. The third kappa shape index (κ3) is 14.6. The number of esters is 1. The van der Waals surface area contributed by atoms with Gasteiger partial charge >= 0.3 is 5.97 Å². The van der Waals surface area contributed by atoms with E-state index in [1.54, 1.807) is 13.1 Å². The summed E-state index contributed by atoms with van der Waals surface area (Å²) in [4.78, 5) is 39.7. The molecule has 0 aliphatic carbocycles. The van der Waals surface area contributed by atoms with Gasteiger partial charge < -0.3 is 35.0 Å². The molecule has 0 spiro atoms. The predicted octanol–water partition coefficient (Wildman–Crippen LogP) is 3.26. The number of hydrogen-bond donors (Lipinski definition) is 4. The van der Waals surface area contributed by atoms with Crippen molar-refractivity contribution < 1.29 is 39.2 Å². The average Bonchev–Trinajstić information content (AvgIpc) is 3.05. The minimum Gasteiger partial charge on any atom is -0.460 e. The van der Waals surface area contributed by atoms with Gasteiger partial charge in [-0.2, -0.15) is 0 Å². The topological polar surface area (TPSA) is 146 Å². The monoisotopic (exact) mass is 584 g/mol. The molecule has 0 bridgehead atoms. The van der Waals surface area contributed by atoms with Crippen LogP contribution in [0.2, 0.25) is 0 Å². The normalized spacial score (nSPS) is 21.0. The number of unbranched alkanes of at least 4 members (excludes halogenated alkanes) is 9. The van der Waals surface area contributed by atoms with Gasteiger partial charge in [0.1, 0.15) is 30.5 Å². The van der Waals surface area contributed by atoms with Gasteiger partial charge in [0.05, 0.1) is 6.54 Å². The van der Waals surface area contributed by atoms with E-state index in [-0.39, 0.29) is 30.8 Å². The smallest absolute Gasteiger partial charge is 0.306 e. The van der Waals surface area contributed by atoms with E-state index in [1.807, 2.05) is 13.8 Å². The molecule has 10 nitrogen and oxygen atoms in total. The highest BCUT2D eigenvalue weighted by molar-refractivity contribution is 5.89. The molecule has 0 aromatic heterocycles. The molecule has 0 radical (unpaired) electrons. The first kappa shape index (κ1) is 37.0. The van der Waals surface area contributed by atoms with Gasteiger partial charge in [-0.05, 0) is 25.2 Å². The summed E-state index contributed by atoms with van der Waals surface area (Å²) in [6.07, 6.45) is 9.00. The average molecular weight is 585 g/mol. The summed E-state index contributed by atoms with van der Waals surface area (Å²) >= 11 is 0. The molecule has 1 aliphatic heterocycles. The molecule has 2 amide bonds. The van der Waals surface area contributed by atoms with Gasteiger partial charge in [-0.1, -0.05) is 90.7 Å². The second kappa shape index (κ2) is 20.8. The van der Waals surface area contributed by atoms with Gasteiger partial charge in [0.25, 0.3) is 5.91 Å². The van der Waals surface area contributed by atoms with Crippen LogP contribution in [-0.4, -0.2) is 95.3 Å². The first-order chi connectivity index (χ1) is 19.5. The van der Waals surface area contributed by atoms with Crippen molar-refractivity contribution in [3.63, 3.8) is 0 Å². The zero-order valence-electron chi connectivity index (χ0n) is 25.9. The number of nitrogens with zero attached hydrogens (tertiary/aromatic N) is 1. The fourth-order valence-electron chi connectivity index (χ4n) is 4.95. The Morgan fingerprint density at radius 1 is 0.951 bits per heavy atom. The van der Waals surface area contributed by atoms with E-state index >= 15 is 0 Å². The molecule has 1 rings (SSSR count). The van der Waals surface area contributed by atoms with Crippen molar-refractivity contribution >= 4 is 17.8 Å². The van der Waals surface area contributed by atoms with E-state index in [4.69, 9.17) is 9.47 Å². The van der Waals surface area contributed by atoms with Gasteiger partial charge in [-0.15, -0.1) is 0 Å². The number of rotatable bonds is 20. The van der Waals surface area contributed by atoms with Crippen molar-refractivity contribution in [2.24, 2.45) is 5.92 Å². The summed E-state index contributed by atoms with van der Waals surface area (Å²) in [5.41, 5.74) is 0. The van der Waals surface area contributed by atoms with Crippen molar-refractivity contribution in [1.29, 1.82) is 0 Å². The maximum atomic E-state index is 12.9. The Morgan fingerprint density at radius 2 is 1.54 bits per heavy atom. The van der Waals surface area contributed by atoms with Crippen LogP contribution in [0.3, 0.4) is 0 Å². The fourth-order valence-corrected chi connectivity index (χ4v) is 4.95. The highest BCUT2D eigenvalue weighted by atomic mass is 16.5. The largest absolute Gasteiger partial charge is 0.460 e. The van der Waals surface area contributed by atoms with Gasteiger partial charge in [-0.25, -0.2) is 0 Å². The second-order valence-electron chi connectivity index (χ2n) is 11.7. The van der Waals surface area contributed by atoms with Crippen LogP contribution in [0.1, 0.15) is 104 Å². The molecule has 0 saturated carbocycles. The minimum atomic E-state index is -1.73. The highest BCUT2D eigenvalue weighted by Gasteiger charge is 2.38. The Morgan fingerprint density at radius 3 is 2.10 bits per heavy atom. The van der Waals surface area contributed by atoms with E-state index in [9.17, 15) is 29.7 Å². The van der Waals surface area contributed by atoms with Gasteiger partial charge in [0, 0.05) is 20.6 Å². The number of methoxy groups -OCH3 is 1. The lowest BCUT2D eigenvalue weighted by molar-refractivity contribution is -0.151. The molecular formula is C31H56N2O8. The number of carbonyl (C=O) groups is 3. The zero-order valence-corrected chi connectivity index (χ0v) is 25.9. The summed E-state index contributed by atoms with van der Waals surface area (Å²) in [5, 5.41) is 33.6. The Labute approximate surface area is 246 Å². The Balaban J connectivity index is 2.50. The van der Waals surface area contributed by atoms with Crippen molar-refractivity contribution in [3.05, 3.63) is 12.2 Å². The quantitative estimate of drug-likeness (QED) is 0.0969. The Bertz CT molecular complexity index is 790. The fraction of sp³-hybridized carbons (Fsp3) is 0.839. The van der Waals surface area contributed by atoms with Crippen molar-refractivity contribution in [2.45, 2.75) is 141 Å². The summed E-state index contributed by atoms with van der Waals surface area (Å²) in [6, 6.07) is -0.911. The second-order valence-corrected chi connectivity index (χ2v) is 11.7. The third-order valence-corrected chi connectivity index (χ3v) is 7.49. The van der Waals surface area contributed by atoms with Crippen LogP contribution in [0.4, 0.5) is 0 Å². The first-order valence-electron chi connectivity index (χ1n) is 15.5. The molecule has 238 valence electrons. The number of hydrogen-bond acceptors (Lipinski definition) is 8. The Hall–Kier alpha value is -2.01. The van der Waals surface area contributed by atoms with Crippen LogP contribution < -0.4 is 5.32 Å². The Kier molecular flexibility index (Phi) is 18.8. The van der Waals surface area contributed by atoms with Crippen molar-refractivity contribution in [3.8, 4) is 0 Å². The highest BCUT2D eigenvalue weighted by Crippen LogP contribution is 2.18. The van der Waals surface area contributed by atoms with Gasteiger partial charge in [0.15, 0.2) is 6.10 Å². The predicted molar refractivity (Wildman–Crippen MR) is 158 cm³/mol. The maximum absolute atomic E-state index is 12.9. The van der Waals surface area contributed by atoms with Crippen LogP contribution in [0.5, 0.6) is 0 Å². The first-order valence-corrected chi connectivity index (χ1v) is 15.5.